The minimum atomic E-state index is -3.51. The zero-order valence-electron chi connectivity index (χ0n) is 15.6. The van der Waals surface area contributed by atoms with Crippen molar-refractivity contribution in [2.75, 3.05) is 18.4 Å². The zero-order chi connectivity index (χ0) is 20.6. The standard InChI is InChI=1S/C18H18N6O3S2/c1-12-9-15-20-11-14(10-19)17(24(15)22-12)21-18(25)13-4-6-23(7-5-13)29(26,27)16-3-2-8-28-16/h2-3,8-9,11,13H,4-7H2,1H3,(H,21,25). The number of anilines is 1. The number of hydrogen-bond donors (Lipinski definition) is 1. The summed E-state index contributed by atoms with van der Waals surface area (Å²) in [6.45, 7) is 2.35. The van der Waals surface area contributed by atoms with Gasteiger partial charge in [-0.2, -0.15) is 19.2 Å². The lowest BCUT2D eigenvalue weighted by Gasteiger charge is -2.30. The average Bonchev–Trinajstić information content (AvgIpc) is 3.38. The fraction of sp³-hybridized carbons (Fsp3) is 0.333. The molecule has 0 saturated carbocycles. The lowest BCUT2D eigenvalue weighted by Crippen LogP contribution is -2.41. The van der Waals surface area contributed by atoms with E-state index in [1.807, 2.05) is 6.07 Å². The minimum Gasteiger partial charge on any atom is -0.309 e. The third kappa shape index (κ3) is 3.62. The zero-order valence-corrected chi connectivity index (χ0v) is 17.2. The molecule has 1 saturated heterocycles. The summed E-state index contributed by atoms with van der Waals surface area (Å²) >= 11 is 1.18. The van der Waals surface area contributed by atoms with Gasteiger partial charge in [-0.05, 0) is 31.2 Å². The van der Waals surface area contributed by atoms with Crippen molar-refractivity contribution in [2.45, 2.75) is 24.0 Å². The van der Waals surface area contributed by atoms with E-state index < -0.39 is 10.0 Å². The summed E-state index contributed by atoms with van der Waals surface area (Å²) in [5.41, 5.74) is 1.47. The highest BCUT2D eigenvalue weighted by Crippen LogP contribution is 2.27. The molecule has 0 bridgehead atoms. The number of hydrogen-bond acceptors (Lipinski definition) is 7. The number of aromatic nitrogens is 3. The first-order valence-electron chi connectivity index (χ1n) is 9.00. The van der Waals surface area contributed by atoms with Crippen LogP contribution in [0.2, 0.25) is 0 Å². The van der Waals surface area contributed by atoms with Crippen molar-refractivity contribution in [2.24, 2.45) is 5.92 Å². The molecule has 0 atom stereocenters. The summed E-state index contributed by atoms with van der Waals surface area (Å²) in [7, 11) is -3.51. The highest BCUT2D eigenvalue weighted by atomic mass is 32.2. The molecule has 1 amide bonds. The number of rotatable bonds is 4. The Kier molecular flexibility index (Phi) is 5.08. The number of thiophene rings is 1. The molecule has 1 aliphatic heterocycles. The molecule has 1 N–H and O–H groups in total. The van der Waals surface area contributed by atoms with Crippen molar-refractivity contribution in [1.82, 2.24) is 18.9 Å². The number of nitrogens with one attached hydrogen (secondary N) is 1. The molecule has 0 radical (unpaired) electrons. The predicted octanol–water partition coefficient (Wildman–Crippen LogP) is 2.01. The van der Waals surface area contributed by atoms with E-state index in [1.165, 1.54) is 26.4 Å². The van der Waals surface area contributed by atoms with E-state index in [0.717, 1.165) is 5.69 Å². The highest BCUT2D eigenvalue weighted by molar-refractivity contribution is 7.91. The van der Waals surface area contributed by atoms with Gasteiger partial charge in [-0.1, -0.05) is 6.07 Å². The van der Waals surface area contributed by atoms with Crippen molar-refractivity contribution in [3.63, 3.8) is 0 Å². The van der Waals surface area contributed by atoms with Crippen molar-refractivity contribution in [3.05, 3.63) is 41.0 Å². The van der Waals surface area contributed by atoms with Gasteiger partial charge in [0.1, 0.15) is 15.8 Å². The van der Waals surface area contributed by atoms with Gasteiger partial charge >= 0.3 is 0 Å². The number of nitrogens with zero attached hydrogens (tertiary/aromatic N) is 5. The first-order chi connectivity index (χ1) is 13.9. The monoisotopic (exact) mass is 430 g/mol. The van der Waals surface area contributed by atoms with Crippen LogP contribution in [0, 0.1) is 24.2 Å². The maximum atomic E-state index is 12.8. The Balaban J connectivity index is 1.49. The quantitative estimate of drug-likeness (QED) is 0.676. The molecule has 0 aliphatic carbocycles. The fourth-order valence-corrected chi connectivity index (χ4v) is 5.98. The number of amides is 1. The van der Waals surface area contributed by atoms with Crippen LogP contribution in [0.5, 0.6) is 0 Å². The second kappa shape index (κ2) is 7.55. The van der Waals surface area contributed by atoms with Crippen molar-refractivity contribution < 1.29 is 13.2 Å². The van der Waals surface area contributed by atoms with Gasteiger partial charge in [0, 0.05) is 25.1 Å². The summed E-state index contributed by atoms with van der Waals surface area (Å²) in [4.78, 5) is 17.0. The topological polar surface area (TPSA) is 120 Å². The van der Waals surface area contributed by atoms with Gasteiger partial charge in [0.2, 0.25) is 5.91 Å². The Hall–Kier alpha value is -2.81. The number of piperidine rings is 1. The molecular formula is C18H18N6O3S2. The van der Waals surface area contributed by atoms with E-state index in [2.05, 4.69) is 15.4 Å². The fourth-order valence-electron chi connectivity index (χ4n) is 3.36. The molecule has 3 aromatic rings. The first-order valence-corrected chi connectivity index (χ1v) is 11.3. The molecule has 4 heterocycles. The summed E-state index contributed by atoms with van der Waals surface area (Å²) < 4.78 is 28.4. The van der Waals surface area contributed by atoms with Crippen molar-refractivity contribution in [3.8, 4) is 6.07 Å². The molecule has 4 rings (SSSR count). The smallest absolute Gasteiger partial charge is 0.252 e. The number of fused-ring (bicyclic) bond motifs is 1. The van der Waals surface area contributed by atoms with Crippen LogP contribution in [0.25, 0.3) is 5.65 Å². The summed E-state index contributed by atoms with van der Waals surface area (Å²) in [5, 5.41) is 18.2. The van der Waals surface area contributed by atoms with E-state index >= 15 is 0 Å². The lowest BCUT2D eigenvalue weighted by atomic mass is 9.97. The third-order valence-corrected chi connectivity index (χ3v) is 8.15. The normalized spacial score (nSPS) is 16.0. The van der Waals surface area contributed by atoms with Crippen LogP contribution in [0.4, 0.5) is 5.82 Å². The first kappa shape index (κ1) is 19.5. The number of nitriles is 1. The van der Waals surface area contributed by atoms with E-state index in [1.54, 1.807) is 30.5 Å². The molecule has 0 aromatic carbocycles. The minimum absolute atomic E-state index is 0.214. The van der Waals surface area contributed by atoms with Crippen LogP contribution in [-0.4, -0.2) is 46.3 Å². The molecular weight excluding hydrogens is 412 g/mol. The third-order valence-electron chi connectivity index (χ3n) is 4.88. The van der Waals surface area contributed by atoms with E-state index in [9.17, 15) is 18.5 Å². The maximum absolute atomic E-state index is 12.8. The van der Waals surface area contributed by atoms with E-state index in [-0.39, 0.29) is 36.3 Å². The van der Waals surface area contributed by atoms with Crippen LogP contribution in [0.3, 0.4) is 0 Å². The Bertz CT molecular complexity index is 1200. The summed E-state index contributed by atoms with van der Waals surface area (Å²) in [6, 6.07) is 7.07. The lowest BCUT2D eigenvalue weighted by molar-refractivity contribution is -0.120. The maximum Gasteiger partial charge on any atom is 0.252 e. The molecule has 0 unspecified atom stereocenters. The highest BCUT2D eigenvalue weighted by Gasteiger charge is 2.33. The molecule has 1 aliphatic rings. The largest absolute Gasteiger partial charge is 0.309 e. The number of carbonyl (C=O) groups is 1. The molecule has 9 nitrogen and oxygen atoms in total. The molecule has 11 heteroatoms. The second-order valence-corrected chi connectivity index (χ2v) is 9.90. The molecule has 29 heavy (non-hydrogen) atoms. The Morgan fingerprint density at radius 1 is 1.38 bits per heavy atom. The number of aryl methyl sites for hydroxylation is 1. The number of carbonyl (C=O) groups excluding carboxylic acids is 1. The van der Waals surface area contributed by atoms with Gasteiger partial charge in [0.05, 0.1) is 11.9 Å². The van der Waals surface area contributed by atoms with Crippen molar-refractivity contribution in [1.29, 1.82) is 5.26 Å². The van der Waals surface area contributed by atoms with Gasteiger partial charge in [0.25, 0.3) is 10.0 Å². The Labute approximate surface area is 171 Å². The summed E-state index contributed by atoms with van der Waals surface area (Å²) in [5.74, 6) is -0.323. The molecule has 0 spiro atoms. The van der Waals surface area contributed by atoms with Gasteiger partial charge in [0.15, 0.2) is 11.5 Å². The SMILES string of the molecule is Cc1cc2ncc(C#N)c(NC(=O)C3CCN(S(=O)(=O)c4cccs4)CC3)n2n1. The predicted molar refractivity (Wildman–Crippen MR) is 107 cm³/mol. The molecule has 1 fully saturated rings. The van der Waals surface area contributed by atoms with E-state index in [4.69, 9.17) is 0 Å². The van der Waals surface area contributed by atoms with E-state index in [0.29, 0.717) is 22.7 Å². The second-order valence-electron chi connectivity index (χ2n) is 6.79. The molecule has 3 aromatic heterocycles. The number of sulfonamides is 1. The Morgan fingerprint density at radius 2 is 2.14 bits per heavy atom. The van der Waals surface area contributed by atoms with Crippen molar-refractivity contribution >= 4 is 38.7 Å². The van der Waals surface area contributed by atoms with Gasteiger partial charge in [-0.25, -0.2) is 13.4 Å². The van der Waals surface area contributed by atoms with Crippen LogP contribution in [0.1, 0.15) is 24.1 Å². The van der Waals surface area contributed by atoms with Crippen LogP contribution < -0.4 is 5.32 Å². The van der Waals surface area contributed by atoms with Gasteiger partial charge < -0.3 is 5.32 Å². The van der Waals surface area contributed by atoms with Crippen LogP contribution in [0.15, 0.2) is 34.0 Å². The Morgan fingerprint density at radius 3 is 2.79 bits per heavy atom. The van der Waals surface area contributed by atoms with Crippen LogP contribution >= 0.6 is 11.3 Å². The van der Waals surface area contributed by atoms with Gasteiger partial charge in [-0.15, -0.1) is 11.3 Å². The summed E-state index contributed by atoms with van der Waals surface area (Å²) in [6.07, 6.45) is 2.22. The average molecular weight is 431 g/mol. The van der Waals surface area contributed by atoms with Gasteiger partial charge in [-0.3, -0.25) is 4.79 Å². The molecule has 150 valence electrons. The van der Waals surface area contributed by atoms with Crippen LogP contribution in [-0.2, 0) is 14.8 Å².